The van der Waals surface area contributed by atoms with E-state index in [4.69, 9.17) is 0 Å². The van der Waals surface area contributed by atoms with Crippen molar-refractivity contribution in [3.05, 3.63) is 36.7 Å². The van der Waals surface area contributed by atoms with Crippen molar-refractivity contribution in [2.24, 2.45) is 0 Å². The average molecular weight is 367 g/mol. The molecule has 2 fully saturated rings. The summed E-state index contributed by atoms with van der Waals surface area (Å²) in [7, 11) is 2.18. The highest BCUT2D eigenvalue weighted by Gasteiger charge is 2.15. The fraction of sp³-hybridized carbons (Fsp3) is 0.524. The minimum atomic E-state index is 0.546. The number of aromatic nitrogens is 2. The fourth-order valence-corrected chi connectivity index (χ4v) is 3.93. The second-order valence-electron chi connectivity index (χ2n) is 7.73. The van der Waals surface area contributed by atoms with Gasteiger partial charge in [-0.15, -0.1) is 0 Å². The Kier molecular flexibility index (Phi) is 5.72. The number of hydrogen-bond donors (Lipinski definition) is 2. The summed E-state index contributed by atoms with van der Waals surface area (Å²) >= 11 is 0. The Morgan fingerprint density at radius 3 is 2.33 bits per heavy atom. The first-order valence-corrected chi connectivity index (χ1v) is 10.2. The molecule has 0 unspecified atom stereocenters. The first-order chi connectivity index (χ1) is 13.3. The van der Waals surface area contributed by atoms with Gasteiger partial charge >= 0.3 is 0 Å². The molecule has 2 N–H and O–H groups in total. The molecule has 2 heterocycles. The van der Waals surface area contributed by atoms with Gasteiger partial charge in [0.15, 0.2) is 0 Å². The van der Waals surface area contributed by atoms with Gasteiger partial charge in [0.1, 0.15) is 18.0 Å². The number of nitrogens with one attached hydrogen (secondary N) is 2. The van der Waals surface area contributed by atoms with Crippen LogP contribution in [0, 0.1) is 0 Å². The summed E-state index contributed by atoms with van der Waals surface area (Å²) in [5.74, 6) is 1.74. The number of piperazine rings is 1. The fourth-order valence-electron chi connectivity index (χ4n) is 3.93. The van der Waals surface area contributed by atoms with E-state index in [9.17, 15) is 0 Å². The van der Waals surface area contributed by atoms with Gasteiger partial charge in [0.25, 0.3) is 0 Å². The maximum absolute atomic E-state index is 4.38. The molecule has 1 aliphatic heterocycles. The third-order valence-corrected chi connectivity index (χ3v) is 5.63. The van der Waals surface area contributed by atoms with Gasteiger partial charge in [0.2, 0.25) is 0 Å². The lowest BCUT2D eigenvalue weighted by atomic mass is 9.95. The topological polar surface area (TPSA) is 56.3 Å². The number of nitrogens with zero attached hydrogens (tertiary/aromatic N) is 4. The maximum Gasteiger partial charge on any atom is 0.135 e. The van der Waals surface area contributed by atoms with Gasteiger partial charge in [0, 0.05) is 49.7 Å². The van der Waals surface area contributed by atoms with Crippen LogP contribution in [-0.4, -0.2) is 54.1 Å². The third-order valence-electron chi connectivity index (χ3n) is 5.63. The van der Waals surface area contributed by atoms with Crippen molar-refractivity contribution >= 4 is 23.0 Å². The Morgan fingerprint density at radius 2 is 1.59 bits per heavy atom. The minimum Gasteiger partial charge on any atom is -0.369 e. The van der Waals surface area contributed by atoms with Crippen LogP contribution in [0.3, 0.4) is 0 Å². The second-order valence-corrected chi connectivity index (χ2v) is 7.73. The van der Waals surface area contributed by atoms with Crippen molar-refractivity contribution in [3.8, 4) is 0 Å². The van der Waals surface area contributed by atoms with E-state index >= 15 is 0 Å². The van der Waals surface area contributed by atoms with Crippen LogP contribution < -0.4 is 15.5 Å². The molecule has 0 amide bonds. The van der Waals surface area contributed by atoms with E-state index in [0.717, 1.165) is 43.5 Å². The molecular weight excluding hydrogens is 336 g/mol. The van der Waals surface area contributed by atoms with Crippen molar-refractivity contribution in [3.63, 3.8) is 0 Å². The van der Waals surface area contributed by atoms with Crippen LogP contribution in [0.5, 0.6) is 0 Å². The Bertz CT molecular complexity index is 718. The van der Waals surface area contributed by atoms with Gasteiger partial charge in [-0.05, 0) is 44.2 Å². The zero-order valence-corrected chi connectivity index (χ0v) is 16.2. The molecule has 27 heavy (non-hydrogen) atoms. The molecular formula is C21H30N6. The molecule has 1 aliphatic carbocycles. The molecule has 0 atom stereocenters. The number of rotatable bonds is 5. The lowest BCUT2D eigenvalue weighted by molar-refractivity contribution is 0.313. The van der Waals surface area contributed by atoms with E-state index in [2.05, 4.69) is 61.7 Å². The summed E-state index contributed by atoms with van der Waals surface area (Å²) in [5.41, 5.74) is 2.34. The Balaban J connectivity index is 1.36. The van der Waals surface area contributed by atoms with Gasteiger partial charge in [-0.3, -0.25) is 0 Å². The highest BCUT2D eigenvalue weighted by Crippen LogP contribution is 2.24. The van der Waals surface area contributed by atoms with E-state index in [1.807, 2.05) is 6.07 Å². The predicted octanol–water partition coefficient (Wildman–Crippen LogP) is 3.72. The lowest BCUT2D eigenvalue weighted by Crippen LogP contribution is -2.44. The SMILES string of the molecule is CN1CCN(c2ccc(Nc3cc(NC4CCCCC4)ncn3)cc2)CC1. The Labute approximate surface area is 162 Å². The second kappa shape index (κ2) is 8.57. The molecule has 0 bridgehead atoms. The van der Waals surface area contributed by atoms with Crippen molar-refractivity contribution in [1.82, 2.24) is 14.9 Å². The van der Waals surface area contributed by atoms with E-state index < -0.39 is 0 Å². The van der Waals surface area contributed by atoms with Crippen molar-refractivity contribution in [1.29, 1.82) is 0 Å². The summed E-state index contributed by atoms with van der Waals surface area (Å²) in [6.07, 6.45) is 8.09. The molecule has 1 saturated heterocycles. The van der Waals surface area contributed by atoms with Crippen LogP contribution in [-0.2, 0) is 0 Å². The van der Waals surface area contributed by atoms with Crippen LogP contribution in [0.1, 0.15) is 32.1 Å². The highest BCUT2D eigenvalue weighted by atomic mass is 15.2. The Morgan fingerprint density at radius 1 is 0.889 bits per heavy atom. The molecule has 2 aromatic rings. The zero-order valence-electron chi connectivity index (χ0n) is 16.2. The normalized spacial score (nSPS) is 19.1. The minimum absolute atomic E-state index is 0.546. The number of anilines is 4. The summed E-state index contributed by atoms with van der Waals surface area (Å²) in [6, 6.07) is 11.2. The standard InChI is InChI=1S/C21H30N6/c1-26-11-13-27(14-12-26)19-9-7-18(8-10-19)25-21-15-20(22-16-23-21)24-17-5-3-2-4-6-17/h7-10,15-17H,2-6,11-14H2,1H3,(H2,22,23,24,25). The third kappa shape index (κ3) is 4.89. The molecule has 2 aliphatic rings. The molecule has 4 rings (SSSR count). The van der Waals surface area contributed by atoms with Crippen LogP contribution in [0.4, 0.5) is 23.0 Å². The van der Waals surface area contributed by atoms with Crippen LogP contribution in [0.25, 0.3) is 0 Å². The molecule has 1 saturated carbocycles. The van der Waals surface area contributed by atoms with Gasteiger partial charge in [0.05, 0.1) is 0 Å². The summed E-state index contributed by atoms with van der Waals surface area (Å²) < 4.78 is 0. The van der Waals surface area contributed by atoms with Gasteiger partial charge < -0.3 is 20.4 Å². The highest BCUT2D eigenvalue weighted by molar-refractivity contribution is 5.62. The van der Waals surface area contributed by atoms with Gasteiger partial charge in [-0.25, -0.2) is 9.97 Å². The summed E-state index contributed by atoms with van der Waals surface area (Å²) in [5, 5.41) is 6.96. The predicted molar refractivity (Wildman–Crippen MR) is 112 cm³/mol. The molecule has 0 radical (unpaired) electrons. The largest absolute Gasteiger partial charge is 0.369 e. The molecule has 144 valence electrons. The van der Waals surface area contributed by atoms with E-state index in [1.54, 1.807) is 6.33 Å². The van der Waals surface area contributed by atoms with Crippen LogP contribution in [0.15, 0.2) is 36.7 Å². The smallest absolute Gasteiger partial charge is 0.135 e. The zero-order chi connectivity index (χ0) is 18.5. The van der Waals surface area contributed by atoms with E-state index in [1.165, 1.54) is 37.8 Å². The number of likely N-dealkylation sites (N-methyl/N-ethyl adjacent to an activating group) is 1. The van der Waals surface area contributed by atoms with E-state index in [-0.39, 0.29) is 0 Å². The lowest BCUT2D eigenvalue weighted by Gasteiger charge is -2.34. The first kappa shape index (κ1) is 18.0. The van der Waals surface area contributed by atoms with Crippen molar-refractivity contribution in [2.45, 2.75) is 38.1 Å². The monoisotopic (exact) mass is 366 g/mol. The number of benzene rings is 1. The quantitative estimate of drug-likeness (QED) is 0.841. The van der Waals surface area contributed by atoms with Gasteiger partial charge in [-0.2, -0.15) is 0 Å². The van der Waals surface area contributed by atoms with Crippen LogP contribution >= 0.6 is 0 Å². The summed E-state index contributed by atoms with van der Waals surface area (Å²) in [4.78, 5) is 13.6. The molecule has 0 spiro atoms. The first-order valence-electron chi connectivity index (χ1n) is 10.2. The van der Waals surface area contributed by atoms with E-state index in [0.29, 0.717) is 6.04 Å². The maximum atomic E-state index is 4.38. The number of hydrogen-bond acceptors (Lipinski definition) is 6. The van der Waals surface area contributed by atoms with Crippen molar-refractivity contribution in [2.75, 3.05) is 48.8 Å². The molecule has 1 aromatic carbocycles. The molecule has 6 nitrogen and oxygen atoms in total. The summed E-state index contributed by atoms with van der Waals surface area (Å²) in [6.45, 7) is 4.42. The molecule has 1 aromatic heterocycles. The van der Waals surface area contributed by atoms with Crippen LogP contribution in [0.2, 0.25) is 0 Å². The van der Waals surface area contributed by atoms with Crippen molar-refractivity contribution < 1.29 is 0 Å². The average Bonchev–Trinajstić information content (AvgIpc) is 2.70. The molecule has 6 heteroatoms. The van der Waals surface area contributed by atoms with Gasteiger partial charge in [-0.1, -0.05) is 19.3 Å². The Hall–Kier alpha value is -2.34.